The molecule has 20 heavy (non-hydrogen) atoms. The zero-order valence-electron chi connectivity index (χ0n) is 12.9. The summed E-state index contributed by atoms with van der Waals surface area (Å²) in [5, 5.41) is 0. The fourth-order valence-corrected chi connectivity index (χ4v) is 3.00. The van der Waals surface area contributed by atoms with E-state index in [1.165, 1.54) is 6.42 Å². The van der Waals surface area contributed by atoms with Crippen molar-refractivity contribution < 1.29 is 4.79 Å². The molecular formula is C16H25N3O. The van der Waals surface area contributed by atoms with Gasteiger partial charge < -0.3 is 10.6 Å². The van der Waals surface area contributed by atoms with Crippen molar-refractivity contribution in [3.05, 3.63) is 23.4 Å². The summed E-state index contributed by atoms with van der Waals surface area (Å²) in [6.45, 7) is 10.2. The van der Waals surface area contributed by atoms with Gasteiger partial charge in [-0.3, -0.25) is 4.79 Å². The average Bonchev–Trinajstić information content (AvgIpc) is 2.35. The van der Waals surface area contributed by atoms with Gasteiger partial charge in [-0.2, -0.15) is 0 Å². The number of hydrogen-bond acceptors (Lipinski definition) is 3. The highest BCUT2D eigenvalue weighted by molar-refractivity contribution is 5.95. The van der Waals surface area contributed by atoms with Crippen molar-refractivity contribution in [3.8, 4) is 0 Å². The van der Waals surface area contributed by atoms with E-state index >= 15 is 0 Å². The van der Waals surface area contributed by atoms with E-state index in [1.54, 1.807) is 6.07 Å². The quantitative estimate of drug-likeness (QED) is 0.902. The van der Waals surface area contributed by atoms with E-state index in [-0.39, 0.29) is 11.8 Å². The van der Waals surface area contributed by atoms with Gasteiger partial charge in [-0.05, 0) is 36.3 Å². The van der Waals surface area contributed by atoms with Crippen molar-refractivity contribution in [1.82, 2.24) is 9.88 Å². The van der Waals surface area contributed by atoms with Gasteiger partial charge in [0.05, 0.1) is 0 Å². The molecule has 1 amide bonds. The summed E-state index contributed by atoms with van der Waals surface area (Å²) in [5.41, 5.74) is 7.39. The van der Waals surface area contributed by atoms with Crippen molar-refractivity contribution in [2.75, 3.05) is 18.8 Å². The van der Waals surface area contributed by atoms with Crippen LogP contribution in [0, 0.1) is 11.8 Å². The Bertz CT molecular complexity index is 488. The number of pyridine rings is 1. The molecule has 0 saturated carbocycles. The molecule has 2 rings (SSSR count). The first-order valence-electron chi connectivity index (χ1n) is 7.43. The monoisotopic (exact) mass is 275 g/mol. The summed E-state index contributed by atoms with van der Waals surface area (Å²) < 4.78 is 0. The third-order valence-corrected chi connectivity index (χ3v) is 3.86. The van der Waals surface area contributed by atoms with Crippen molar-refractivity contribution in [3.63, 3.8) is 0 Å². The van der Waals surface area contributed by atoms with Gasteiger partial charge in [0.15, 0.2) is 0 Å². The number of carbonyl (C=O) groups excluding carboxylic acids is 1. The standard InChI is InChI=1S/C16H25N3O/c1-10(2)14-6-13(7-15(17)18-14)16(20)19-8-11(3)5-12(4)9-19/h6-7,10-12H,5,8-9H2,1-4H3,(H2,17,18). The van der Waals surface area contributed by atoms with Crippen LogP contribution in [0.2, 0.25) is 0 Å². The highest BCUT2D eigenvalue weighted by Crippen LogP contribution is 2.24. The predicted molar refractivity (Wildman–Crippen MR) is 81.6 cm³/mol. The van der Waals surface area contributed by atoms with Gasteiger partial charge >= 0.3 is 0 Å². The topological polar surface area (TPSA) is 59.2 Å². The zero-order valence-corrected chi connectivity index (χ0v) is 12.9. The molecule has 1 aromatic heterocycles. The molecule has 0 radical (unpaired) electrons. The predicted octanol–water partition coefficient (Wildman–Crippen LogP) is 2.91. The average molecular weight is 275 g/mol. The molecular weight excluding hydrogens is 250 g/mol. The van der Waals surface area contributed by atoms with Crippen LogP contribution in [0.1, 0.15) is 56.1 Å². The lowest BCUT2D eigenvalue weighted by molar-refractivity contribution is 0.0623. The Morgan fingerprint density at radius 3 is 2.45 bits per heavy atom. The number of nitrogens with two attached hydrogens (primary N) is 1. The van der Waals surface area contributed by atoms with Crippen molar-refractivity contribution in [2.24, 2.45) is 11.8 Å². The van der Waals surface area contributed by atoms with Crippen molar-refractivity contribution >= 4 is 11.7 Å². The Morgan fingerprint density at radius 1 is 1.30 bits per heavy atom. The largest absolute Gasteiger partial charge is 0.384 e. The lowest BCUT2D eigenvalue weighted by Crippen LogP contribution is -2.42. The molecule has 0 aliphatic carbocycles. The highest BCUT2D eigenvalue weighted by Gasteiger charge is 2.26. The number of rotatable bonds is 2. The molecule has 1 aliphatic heterocycles. The number of likely N-dealkylation sites (tertiary alicyclic amines) is 1. The number of carbonyl (C=O) groups is 1. The molecule has 0 aromatic carbocycles. The first-order chi connectivity index (χ1) is 9.36. The Morgan fingerprint density at radius 2 is 1.90 bits per heavy atom. The minimum absolute atomic E-state index is 0.0828. The van der Waals surface area contributed by atoms with Gasteiger partial charge in [-0.25, -0.2) is 4.98 Å². The first kappa shape index (κ1) is 14.8. The minimum atomic E-state index is 0.0828. The van der Waals surface area contributed by atoms with Crippen LogP contribution in [-0.4, -0.2) is 28.9 Å². The summed E-state index contributed by atoms with van der Waals surface area (Å²) in [5.74, 6) is 1.90. The number of nitrogen functional groups attached to an aromatic ring is 1. The maximum Gasteiger partial charge on any atom is 0.254 e. The fraction of sp³-hybridized carbons (Fsp3) is 0.625. The maximum atomic E-state index is 12.7. The van der Waals surface area contributed by atoms with Gasteiger partial charge in [-0.1, -0.05) is 27.7 Å². The molecule has 2 N–H and O–H groups in total. The molecule has 1 fully saturated rings. The molecule has 1 aliphatic rings. The second-order valence-corrected chi connectivity index (χ2v) is 6.52. The number of piperidine rings is 1. The van der Waals surface area contributed by atoms with Gasteiger partial charge in [-0.15, -0.1) is 0 Å². The number of aromatic nitrogens is 1. The smallest absolute Gasteiger partial charge is 0.254 e. The Hall–Kier alpha value is -1.58. The molecule has 2 heterocycles. The van der Waals surface area contributed by atoms with Crippen molar-refractivity contribution in [1.29, 1.82) is 0 Å². The van der Waals surface area contributed by atoms with Crippen molar-refractivity contribution in [2.45, 2.75) is 40.0 Å². The number of nitrogens with zero attached hydrogens (tertiary/aromatic N) is 2. The van der Waals surface area contributed by atoms with E-state index in [1.807, 2.05) is 11.0 Å². The molecule has 110 valence electrons. The van der Waals surface area contributed by atoms with Gasteiger partial charge in [0, 0.05) is 24.3 Å². The van der Waals surface area contributed by atoms with Crippen LogP contribution >= 0.6 is 0 Å². The lowest BCUT2D eigenvalue weighted by atomic mass is 9.91. The molecule has 0 bridgehead atoms. The number of hydrogen-bond donors (Lipinski definition) is 1. The summed E-state index contributed by atoms with van der Waals surface area (Å²) in [4.78, 5) is 18.9. The normalized spacial score (nSPS) is 23.1. The van der Waals surface area contributed by atoms with E-state index in [4.69, 9.17) is 5.73 Å². The maximum absolute atomic E-state index is 12.7. The molecule has 4 heteroatoms. The summed E-state index contributed by atoms with van der Waals surface area (Å²) in [6.07, 6.45) is 1.19. The molecule has 4 nitrogen and oxygen atoms in total. The van der Waals surface area contributed by atoms with Crippen LogP contribution in [0.15, 0.2) is 12.1 Å². The second-order valence-electron chi connectivity index (χ2n) is 6.52. The highest BCUT2D eigenvalue weighted by atomic mass is 16.2. The molecule has 2 atom stereocenters. The minimum Gasteiger partial charge on any atom is -0.384 e. The Kier molecular flexibility index (Phi) is 4.31. The molecule has 0 spiro atoms. The zero-order chi connectivity index (χ0) is 14.9. The third-order valence-electron chi connectivity index (χ3n) is 3.86. The van der Waals surface area contributed by atoms with E-state index in [9.17, 15) is 4.79 Å². The Balaban J connectivity index is 2.24. The molecule has 2 unspecified atom stereocenters. The SMILES string of the molecule is CC1CC(C)CN(C(=O)c2cc(N)nc(C(C)C)c2)C1. The summed E-state index contributed by atoms with van der Waals surface area (Å²) in [7, 11) is 0. The van der Waals surface area contributed by atoms with Crippen LogP contribution in [0.25, 0.3) is 0 Å². The van der Waals surface area contributed by atoms with Crippen LogP contribution in [0.3, 0.4) is 0 Å². The third kappa shape index (κ3) is 3.30. The Labute approximate surface area is 121 Å². The van der Waals surface area contributed by atoms with Crippen LogP contribution in [0.5, 0.6) is 0 Å². The van der Waals surface area contributed by atoms with Crippen LogP contribution < -0.4 is 5.73 Å². The summed E-state index contributed by atoms with van der Waals surface area (Å²) >= 11 is 0. The van der Waals surface area contributed by atoms with E-state index in [0.717, 1.165) is 18.8 Å². The van der Waals surface area contributed by atoms with Crippen LogP contribution in [0.4, 0.5) is 5.82 Å². The van der Waals surface area contributed by atoms with E-state index in [0.29, 0.717) is 23.2 Å². The van der Waals surface area contributed by atoms with E-state index < -0.39 is 0 Å². The van der Waals surface area contributed by atoms with E-state index in [2.05, 4.69) is 32.7 Å². The number of anilines is 1. The first-order valence-corrected chi connectivity index (χ1v) is 7.43. The lowest BCUT2D eigenvalue weighted by Gasteiger charge is -2.35. The van der Waals surface area contributed by atoms with Gasteiger partial charge in [0.2, 0.25) is 0 Å². The number of amides is 1. The molecule has 1 aromatic rings. The second kappa shape index (κ2) is 5.81. The summed E-state index contributed by atoms with van der Waals surface area (Å²) in [6, 6.07) is 3.57. The van der Waals surface area contributed by atoms with Gasteiger partial charge in [0.25, 0.3) is 5.91 Å². The molecule has 1 saturated heterocycles. The fourth-order valence-electron chi connectivity index (χ4n) is 3.00. The van der Waals surface area contributed by atoms with Gasteiger partial charge in [0.1, 0.15) is 5.82 Å². The van der Waals surface area contributed by atoms with Crippen LogP contribution in [-0.2, 0) is 0 Å².